The lowest BCUT2D eigenvalue weighted by atomic mass is 10.3. The van der Waals surface area contributed by atoms with Crippen molar-refractivity contribution in [1.29, 1.82) is 0 Å². The molecule has 0 bridgehead atoms. The van der Waals surface area contributed by atoms with Crippen molar-refractivity contribution in [3.8, 4) is 0 Å². The van der Waals surface area contributed by atoms with Crippen LogP contribution in [-0.4, -0.2) is 32.6 Å². The van der Waals surface area contributed by atoms with Gasteiger partial charge in [0.2, 0.25) is 0 Å². The smallest absolute Gasteiger partial charge is 0.434 e. The Morgan fingerprint density at radius 2 is 2.60 bits per heavy atom. The van der Waals surface area contributed by atoms with Gasteiger partial charge in [-0.1, -0.05) is 0 Å². The Hall–Kier alpha value is -0.770. The summed E-state index contributed by atoms with van der Waals surface area (Å²) in [7, 11) is 1.57. The van der Waals surface area contributed by atoms with Crippen molar-refractivity contribution in [1.82, 2.24) is 0 Å². The van der Waals surface area contributed by atoms with E-state index in [9.17, 15) is 4.79 Å². The van der Waals surface area contributed by atoms with E-state index in [4.69, 9.17) is 9.47 Å². The van der Waals surface area contributed by atoms with E-state index in [0.717, 1.165) is 6.42 Å². The number of rotatable bonds is 2. The number of hydrogen-bond donors (Lipinski definition) is 0. The molecule has 0 aromatic heterocycles. The van der Waals surface area contributed by atoms with Crippen LogP contribution < -0.4 is 0 Å². The normalized spacial score (nSPS) is 25.3. The summed E-state index contributed by atoms with van der Waals surface area (Å²) in [5, 5.41) is 0. The van der Waals surface area contributed by atoms with E-state index in [2.05, 4.69) is 4.74 Å². The van der Waals surface area contributed by atoms with Crippen LogP contribution in [0.3, 0.4) is 0 Å². The van der Waals surface area contributed by atoms with Gasteiger partial charge in [0, 0.05) is 13.5 Å². The van der Waals surface area contributed by atoms with E-state index in [0.29, 0.717) is 13.2 Å². The maximum Gasteiger partial charge on any atom is 0.508 e. The predicted octanol–water partition coefficient (Wildman–Crippen LogP) is 0.558. The SMILES string of the molecule is COC[C@H]1CCOC(=O)O1. The topological polar surface area (TPSA) is 44.8 Å². The molecule has 1 aliphatic heterocycles. The number of carbonyl (C=O) groups excluding carboxylic acids is 1. The highest BCUT2D eigenvalue weighted by molar-refractivity contribution is 5.60. The number of carbonyl (C=O) groups is 1. The van der Waals surface area contributed by atoms with Crippen LogP contribution in [-0.2, 0) is 14.2 Å². The molecule has 1 atom stereocenters. The summed E-state index contributed by atoms with van der Waals surface area (Å²) in [6.45, 7) is 0.891. The third kappa shape index (κ3) is 1.88. The summed E-state index contributed by atoms with van der Waals surface area (Å²) >= 11 is 0. The average Bonchev–Trinajstić information content (AvgIpc) is 1.88. The third-order valence-electron chi connectivity index (χ3n) is 1.28. The molecule has 0 N–H and O–H groups in total. The van der Waals surface area contributed by atoms with Crippen molar-refractivity contribution < 1.29 is 19.0 Å². The van der Waals surface area contributed by atoms with Crippen LogP contribution in [0.4, 0.5) is 4.79 Å². The van der Waals surface area contributed by atoms with E-state index in [1.165, 1.54) is 0 Å². The van der Waals surface area contributed by atoms with Crippen molar-refractivity contribution in [2.24, 2.45) is 0 Å². The second-order valence-electron chi connectivity index (χ2n) is 2.08. The van der Waals surface area contributed by atoms with Gasteiger partial charge in [-0.25, -0.2) is 4.79 Å². The Balaban J connectivity index is 2.25. The maximum absolute atomic E-state index is 10.4. The van der Waals surface area contributed by atoms with Gasteiger partial charge in [0.05, 0.1) is 13.2 Å². The van der Waals surface area contributed by atoms with Gasteiger partial charge in [-0.05, 0) is 0 Å². The first kappa shape index (κ1) is 7.34. The van der Waals surface area contributed by atoms with Crippen molar-refractivity contribution in [3.63, 3.8) is 0 Å². The molecule has 1 rings (SSSR count). The minimum Gasteiger partial charge on any atom is -0.434 e. The molecule has 0 radical (unpaired) electrons. The summed E-state index contributed by atoms with van der Waals surface area (Å²) in [4.78, 5) is 10.4. The lowest BCUT2D eigenvalue weighted by molar-refractivity contribution is -0.0479. The van der Waals surface area contributed by atoms with Gasteiger partial charge in [-0.3, -0.25) is 0 Å². The average molecular weight is 146 g/mol. The quantitative estimate of drug-likeness (QED) is 0.534. The largest absolute Gasteiger partial charge is 0.508 e. The first-order valence-electron chi connectivity index (χ1n) is 3.15. The molecule has 0 aliphatic carbocycles. The minimum absolute atomic E-state index is 0.119. The van der Waals surface area contributed by atoms with E-state index in [-0.39, 0.29) is 6.10 Å². The zero-order chi connectivity index (χ0) is 7.40. The fourth-order valence-electron chi connectivity index (χ4n) is 0.806. The van der Waals surface area contributed by atoms with Crippen LogP contribution in [0.25, 0.3) is 0 Å². The van der Waals surface area contributed by atoms with E-state index in [1.54, 1.807) is 7.11 Å². The molecule has 4 nitrogen and oxygen atoms in total. The Labute approximate surface area is 59.1 Å². The summed E-state index contributed by atoms with van der Waals surface area (Å²) in [6.07, 6.45) is 0.0131. The molecule has 0 amide bonds. The molecule has 0 aromatic carbocycles. The van der Waals surface area contributed by atoms with E-state index < -0.39 is 6.16 Å². The van der Waals surface area contributed by atoms with Gasteiger partial charge in [-0.2, -0.15) is 0 Å². The second kappa shape index (κ2) is 3.41. The Kier molecular flexibility index (Phi) is 2.50. The first-order chi connectivity index (χ1) is 4.83. The van der Waals surface area contributed by atoms with Gasteiger partial charge in [0.15, 0.2) is 0 Å². The molecular formula is C6H10O4. The predicted molar refractivity (Wildman–Crippen MR) is 32.7 cm³/mol. The van der Waals surface area contributed by atoms with Crippen molar-refractivity contribution >= 4 is 6.16 Å². The summed E-state index contributed by atoms with van der Waals surface area (Å²) in [5.41, 5.74) is 0. The second-order valence-corrected chi connectivity index (χ2v) is 2.08. The molecule has 1 saturated heterocycles. The van der Waals surface area contributed by atoms with Crippen LogP contribution in [0.2, 0.25) is 0 Å². The Bertz CT molecular complexity index is 121. The van der Waals surface area contributed by atoms with E-state index in [1.807, 2.05) is 0 Å². The highest BCUT2D eigenvalue weighted by Gasteiger charge is 2.20. The fourth-order valence-corrected chi connectivity index (χ4v) is 0.806. The number of methoxy groups -OCH3 is 1. The standard InChI is InChI=1S/C6H10O4/c1-8-4-5-2-3-9-6(7)10-5/h5H,2-4H2,1H3/t5-/m1/s1. The Morgan fingerprint density at radius 3 is 3.20 bits per heavy atom. The number of cyclic esters (lactones) is 2. The van der Waals surface area contributed by atoms with Gasteiger partial charge in [0.1, 0.15) is 6.10 Å². The van der Waals surface area contributed by atoms with Gasteiger partial charge >= 0.3 is 6.16 Å². The van der Waals surface area contributed by atoms with Crippen LogP contribution >= 0.6 is 0 Å². The molecule has 0 spiro atoms. The maximum atomic E-state index is 10.4. The highest BCUT2D eigenvalue weighted by Crippen LogP contribution is 2.07. The monoisotopic (exact) mass is 146 g/mol. The summed E-state index contributed by atoms with van der Waals surface area (Å²) in [6, 6.07) is 0. The molecule has 1 aliphatic rings. The molecule has 10 heavy (non-hydrogen) atoms. The third-order valence-corrected chi connectivity index (χ3v) is 1.28. The summed E-state index contributed by atoms with van der Waals surface area (Å²) in [5.74, 6) is 0. The van der Waals surface area contributed by atoms with Crippen LogP contribution in [0.1, 0.15) is 6.42 Å². The lowest BCUT2D eigenvalue weighted by Crippen LogP contribution is -2.30. The minimum atomic E-state index is -0.590. The van der Waals surface area contributed by atoms with Crippen LogP contribution in [0, 0.1) is 0 Å². The molecule has 4 heteroatoms. The fraction of sp³-hybridized carbons (Fsp3) is 0.833. The van der Waals surface area contributed by atoms with Crippen molar-refractivity contribution in [2.45, 2.75) is 12.5 Å². The van der Waals surface area contributed by atoms with Crippen LogP contribution in [0.5, 0.6) is 0 Å². The molecule has 58 valence electrons. The molecular weight excluding hydrogens is 136 g/mol. The molecule has 0 aromatic rings. The first-order valence-corrected chi connectivity index (χ1v) is 3.15. The summed E-state index contributed by atoms with van der Waals surface area (Å²) < 4.78 is 14.1. The van der Waals surface area contributed by atoms with Gasteiger partial charge < -0.3 is 14.2 Å². The molecule has 1 fully saturated rings. The lowest BCUT2D eigenvalue weighted by Gasteiger charge is -2.20. The molecule has 0 unspecified atom stereocenters. The number of hydrogen-bond acceptors (Lipinski definition) is 4. The van der Waals surface area contributed by atoms with E-state index >= 15 is 0 Å². The van der Waals surface area contributed by atoms with Crippen molar-refractivity contribution in [2.75, 3.05) is 20.3 Å². The van der Waals surface area contributed by atoms with Crippen molar-refractivity contribution in [3.05, 3.63) is 0 Å². The van der Waals surface area contributed by atoms with Gasteiger partial charge in [-0.15, -0.1) is 0 Å². The Morgan fingerprint density at radius 1 is 1.80 bits per heavy atom. The number of ether oxygens (including phenoxy) is 3. The van der Waals surface area contributed by atoms with Crippen LogP contribution in [0.15, 0.2) is 0 Å². The van der Waals surface area contributed by atoms with Gasteiger partial charge in [0.25, 0.3) is 0 Å². The molecule has 0 saturated carbocycles. The zero-order valence-electron chi connectivity index (χ0n) is 5.83. The zero-order valence-corrected chi connectivity index (χ0v) is 5.83. The molecule has 1 heterocycles. The highest BCUT2D eigenvalue weighted by atomic mass is 16.7.